The normalized spacial score (nSPS) is 15.1. The maximum Gasteiger partial charge on any atom is 0.336 e. The summed E-state index contributed by atoms with van der Waals surface area (Å²) < 4.78 is 7.44. The molecule has 0 saturated carbocycles. The Kier molecular flexibility index (Phi) is 5.99. The summed E-state index contributed by atoms with van der Waals surface area (Å²) in [5.41, 5.74) is 2.67. The van der Waals surface area contributed by atoms with Crippen LogP contribution in [0.1, 0.15) is 12.6 Å². The standard InChI is InChI=1S/C25H24N4O4/c1-4-33-22-10-6-5-9-21(22)29-24(31)20(23(30)26-25(29)32)16-19-8-7-15-28(19)18-13-11-17(12-14-18)27(2)3/h5-16H,4H2,1-3H3,(H,26,30,32)/b20-16+. The van der Waals surface area contributed by atoms with Gasteiger partial charge in [0.05, 0.1) is 12.3 Å². The number of para-hydroxylation sites is 2. The zero-order valence-corrected chi connectivity index (χ0v) is 18.6. The molecule has 0 unspecified atom stereocenters. The molecule has 8 nitrogen and oxygen atoms in total. The van der Waals surface area contributed by atoms with Crippen molar-refractivity contribution in [2.24, 2.45) is 0 Å². The molecule has 2 aromatic carbocycles. The van der Waals surface area contributed by atoms with E-state index in [1.807, 2.05) is 67.0 Å². The monoisotopic (exact) mass is 444 g/mol. The Morgan fingerprint density at radius 2 is 1.70 bits per heavy atom. The fourth-order valence-electron chi connectivity index (χ4n) is 3.60. The van der Waals surface area contributed by atoms with Crippen molar-refractivity contribution in [2.75, 3.05) is 30.5 Å². The number of nitrogens with zero attached hydrogens (tertiary/aromatic N) is 3. The fraction of sp³-hybridized carbons (Fsp3) is 0.160. The molecule has 1 fully saturated rings. The molecular formula is C25H24N4O4. The van der Waals surface area contributed by atoms with Crippen LogP contribution in [0.25, 0.3) is 11.8 Å². The van der Waals surface area contributed by atoms with Crippen LogP contribution in [-0.2, 0) is 9.59 Å². The van der Waals surface area contributed by atoms with Crippen LogP contribution < -0.4 is 19.9 Å². The topological polar surface area (TPSA) is 83.9 Å². The van der Waals surface area contributed by atoms with E-state index in [1.165, 1.54) is 6.08 Å². The SMILES string of the molecule is CCOc1ccccc1N1C(=O)NC(=O)/C(=C\c2cccn2-c2ccc(N(C)C)cc2)C1=O. The van der Waals surface area contributed by atoms with Gasteiger partial charge in [0.15, 0.2) is 0 Å². The van der Waals surface area contributed by atoms with Gasteiger partial charge in [-0.1, -0.05) is 12.1 Å². The van der Waals surface area contributed by atoms with E-state index in [9.17, 15) is 14.4 Å². The number of hydrogen-bond acceptors (Lipinski definition) is 5. The molecule has 168 valence electrons. The maximum atomic E-state index is 13.3. The maximum absolute atomic E-state index is 13.3. The molecular weight excluding hydrogens is 420 g/mol. The molecule has 3 aromatic rings. The molecule has 1 aromatic heterocycles. The average Bonchev–Trinajstić information content (AvgIpc) is 3.26. The molecule has 1 aliphatic rings. The van der Waals surface area contributed by atoms with Crippen LogP contribution >= 0.6 is 0 Å². The van der Waals surface area contributed by atoms with Crippen LogP contribution in [0.5, 0.6) is 5.75 Å². The second-order valence-corrected chi connectivity index (χ2v) is 7.57. The number of carbonyl (C=O) groups excluding carboxylic acids is 3. The Morgan fingerprint density at radius 1 is 0.970 bits per heavy atom. The third kappa shape index (κ3) is 4.23. The van der Waals surface area contributed by atoms with Gasteiger partial charge in [-0.2, -0.15) is 0 Å². The van der Waals surface area contributed by atoms with Crippen molar-refractivity contribution in [3.63, 3.8) is 0 Å². The molecule has 0 atom stereocenters. The van der Waals surface area contributed by atoms with E-state index < -0.39 is 17.8 Å². The number of barbiturate groups is 1. The van der Waals surface area contributed by atoms with Crippen LogP contribution in [0.15, 0.2) is 72.4 Å². The smallest absolute Gasteiger partial charge is 0.336 e. The minimum absolute atomic E-state index is 0.147. The number of urea groups is 1. The quantitative estimate of drug-likeness (QED) is 0.464. The zero-order valence-electron chi connectivity index (χ0n) is 18.6. The first-order valence-electron chi connectivity index (χ1n) is 10.5. The van der Waals surface area contributed by atoms with Crippen molar-refractivity contribution < 1.29 is 19.1 Å². The van der Waals surface area contributed by atoms with Crippen molar-refractivity contribution >= 4 is 35.3 Å². The largest absolute Gasteiger partial charge is 0.492 e. The Balaban J connectivity index is 1.72. The van der Waals surface area contributed by atoms with E-state index in [0.29, 0.717) is 18.1 Å². The number of nitrogens with one attached hydrogen (secondary N) is 1. The summed E-state index contributed by atoms with van der Waals surface area (Å²) in [6, 6.07) is 17.4. The van der Waals surface area contributed by atoms with Gasteiger partial charge in [0.2, 0.25) is 0 Å². The second-order valence-electron chi connectivity index (χ2n) is 7.57. The third-order valence-electron chi connectivity index (χ3n) is 5.22. The lowest BCUT2D eigenvalue weighted by Gasteiger charge is -2.27. The number of carbonyl (C=O) groups is 3. The van der Waals surface area contributed by atoms with Crippen LogP contribution in [0, 0.1) is 0 Å². The average molecular weight is 444 g/mol. The van der Waals surface area contributed by atoms with E-state index in [1.54, 1.807) is 30.3 Å². The first-order valence-corrected chi connectivity index (χ1v) is 10.5. The lowest BCUT2D eigenvalue weighted by Crippen LogP contribution is -2.54. The van der Waals surface area contributed by atoms with Crippen molar-refractivity contribution in [1.29, 1.82) is 0 Å². The predicted octanol–water partition coefficient (Wildman–Crippen LogP) is 3.61. The van der Waals surface area contributed by atoms with Crippen molar-refractivity contribution in [2.45, 2.75) is 6.92 Å². The number of imide groups is 2. The second kappa shape index (κ2) is 9.04. The summed E-state index contributed by atoms with van der Waals surface area (Å²) in [6.45, 7) is 2.17. The number of hydrogen-bond donors (Lipinski definition) is 1. The van der Waals surface area contributed by atoms with Crippen molar-refractivity contribution in [3.8, 4) is 11.4 Å². The highest BCUT2D eigenvalue weighted by molar-refractivity contribution is 6.39. The Bertz CT molecular complexity index is 1240. The molecule has 33 heavy (non-hydrogen) atoms. The third-order valence-corrected chi connectivity index (χ3v) is 5.22. The number of ether oxygens (including phenoxy) is 1. The summed E-state index contributed by atoms with van der Waals surface area (Å²) in [7, 11) is 3.93. The summed E-state index contributed by atoms with van der Waals surface area (Å²) >= 11 is 0. The number of benzene rings is 2. The molecule has 0 radical (unpaired) electrons. The zero-order chi connectivity index (χ0) is 23.5. The van der Waals surface area contributed by atoms with Gasteiger partial charge < -0.3 is 14.2 Å². The molecule has 4 amide bonds. The molecule has 1 N–H and O–H groups in total. The predicted molar refractivity (Wildman–Crippen MR) is 127 cm³/mol. The summed E-state index contributed by atoms with van der Waals surface area (Å²) in [5, 5.41) is 2.26. The molecule has 1 aliphatic heterocycles. The molecule has 4 rings (SSSR count). The van der Waals surface area contributed by atoms with E-state index in [2.05, 4.69) is 5.32 Å². The van der Waals surface area contributed by atoms with E-state index >= 15 is 0 Å². The lowest BCUT2D eigenvalue weighted by atomic mass is 10.1. The number of anilines is 2. The lowest BCUT2D eigenvalue weighted by molar-refractivity contribution is -0.122. The first-order chi connectivity index (χ1) is 15.9. The highest BCUT2D eigenvalue weighted by Gasteiger charge is 2.38. The molecule has 0 spiro atoms. The molecule has 8 heteroatoms. The fourth-order valence-corrected chi connectivity index (χ4v) is 3.60. The van der Waals surface area contributed by atoms with Gasteiger partial charge in [-0.05, 0) is 61.5 Å². The van der Waals surface area contributed by atoms with E-state index in [0.717, 1.165) is 16.3 Å². The Hall–Kier alpha value is -4.33. The number of aromatic nitrogens is 1. The first kappa shape index (κ1) is 21.9. The van der Waals surface area contributed by atoms with Crippen molar-refractivity contribution in [1.82, 2.24) is 9.88 Å². The highest BCUT2D eigenvalue weighted by Crippen LogP contribution is 2.31. The highest BCUT2D eigenvalue weighted by atomic mass is 16.5. The van der Waals surface area contributed by atoms with Crippen LogP contribution in [0.4, 0.5) is 16.2 Å². The molecule has 1 saturated heterocycles. The van der Waals surface area contributed by atoms with Gasteiger partial charge in [-0.3, -0.25) is 14.9 Å². The molecule has 0 bridgehead atoms. The van der Waals surface area contributed by atoms with Gasteiger partial charge in [0.25, 0.3) is 11.8 Å². The molecule has 0 aliphatic carbocycles. The van der Waals surface area contributed by atoms with Gasteiger partial charge >= 0.3 is 6.03 Å². The van der Waals surface area contributed by atoms with Crippen molar-refractivity contribution in [3.05, 3.63) is 78.1 Å². The van der Waals surface area contributed by atoms with E-state index in [-0.39, 0.29) is 11.3 Å². The minimum atomic E-state index is -0.816. The van der Waals surface area contributed by atoms with Crippen LogP contribution in [0.2, 0.25) is 0 Å². The van der Waals surface area contributed by atoms with Crippen LogP contribution in [0.3, 0.4) is 0 Å². The summed E-state index contributed by atoms with van der Waals surface area (Å²) in [6.07, 6.45) is 3.33. The van der Waals surface area contributed by atoms with Gasteiger partial charge in [-0.15, -0.1) is 0 Å². The van der Waals surface area contributed by atoms with Gasteiger partial charge in [0.1, 0.15) is 11.3 Å². The minimum Gasteiger partial charge on any atom is -0.492 e. The summed E-state index contributed by atoms with van der Waals surface area (Å²) in [4.78, 5) is 41.4. The molecule has 2 heterocycles. The Morgan fingerprint density at radius 3 is 2.39 bits per heavy atom. The Labute approximate surface area is 191 Å². The number of rotatable bonds is 6. The van der Waals surface area contributed by atoms with Gasteiger partial charge in [0, 0.05) is 37.4 Å². The van der Waals surface area contributed by atoms with E-state index in [4.69, 9.17) is 4.74 Å². The van der Waals surface area contributed by atoms with Crippen LogP contribution in [-0.4, -0.2) is 43.1 Å². The van der Waals surface area contributed by atoms with Gasteiger partial charge in [-0.25, -0.2) is 9.69 Å². The number of amides is 4. The summed E-state index contributed by atoms with van der Waals surface area (Å²) in [5.74, 6) is -1.08.